The van der Waals surface area contributed by atoms with E-state index in [4.69, 9.17) is 4.42 Å². The van der Waals surface area contributed by atoms with E-state index in [1.165, 1.54) is 0 Å². The minimum atomic E-state index is -0.305. The molecule has 0 saturated heterocycles. The zero-order valence-electron chi connectivity index (χ0n) is 19.5. The molecule has 172 valence electrons. The van der Waals surface area contributed by atoms with E-state index < -0.39 is 0 Å². The Morgan fingerprint density at radius 3 is 2.50 bits per heavy atom. The first kappa shape index (κ1) is 21.4. The maximum atomic E-state index is 12.6. The van der Waals surface area contributed by atoms with Gasteiger partial charge in [0.05, 0.1) is 29.8 Å². The zero-order chi connectivity index (χ0) is 23.8. The summed E-state index contributed by atoms with van der Waals surface area (Å²) in [7, 11) is 1.91. The summed E-state index contributed by atoms with van der Waals surface area (Å²) in [5.74, 6) is 0.620. The molecule has 0 unspecified atom stereocenters. The van der Waals surface area contributed by atoms with Gasteiger partial charge < -0.3 is 9.73 Å². The highest BCUT2D eigenvalue weighted by Crippen LogP contribution is 2.22. The van der Waals surface area contributed by atoms with Crippen molar-refractivity contribution in [3.63, 3.8) is 0 Å². The average molecular weight is 456 g/mol. The number of benzene rings is 1. The van der Waals surface area contributed by atoms with Crippen LogP contribution in [-0.4, -0.2) is 35.2 Å². The van der Waals surface area contributed by atoms with E-state index >= 15 is 0 Å². The Labute approximate surface area is 196 Å². The van der Waals surface area contributed by atoms with Crippen molar-refractivity contribution in [2.45, 2.75) is 27.3 Å². The number of carbonyl (C=O) groups excluding carboxylic acids is 1. The number of aromatic nitrogens is 6. The van der Waals surface area contributed by atoms with Crippen LogP contribution in [0.5, 0.6) is 0 Å². The fraction of sp³-hybridized carbons (Fsp3) is 0.200. The highest BCUT2D eigenvalue weighted by Gasteiger charge is 2.14. The molecule has 0 radical (unpaired) electrons. The largest absolute Gasteiger partial charge is 0.454 e. The van der Waals surface area contributed by atoms with E-state index in [1.807, 2.05) is 86.0 Å². The van der Waals surface area contributed by atoms with Gasteiger partial charge in [-0.2, -0.15) is 15.3 Å². The quantitative estimate of drug-likeness (QED) is 0.412. The van der Waals surface area contributed by atoms with Crippen LogP contribution in [0, 0.1) is 20.8 Å². The van der Waals surface area contributed by atoms with Gasteiger partial charge in [-0.3, -0.25) is 14.2 Å². The molecule has 4 heterocycles. The fourth-order valence-corrected chi connectivity index (χ4v) is 3.82. The first-order valence-corrected chi connectivity index (χ1v) is 10.9. The van der Waals surface area contributed by atoms with Gasteiger partial charge in [0.2, 0.25) is 0 Å². The lowest BCUT2D eigenvalue weighted by Gasteiger charge is -2.06. The molecule has 9 nitrogen and oxygen atoms in total. The Morgan fingerprint density at radius 1 is 1.03 bits per heavy atom. The third-order valence-electron chi connectivity index (χ3n) is 5.78. The second-order valence-corrected chi connectivity index (χ2v) is 8.26. The molecular weight excluding hydrogens is 430 g/mol. The maximum absolute atomic E-state index is 12.6. The monoisotopic (exact) mass is 455 g/mol. The number of amides is 1. The number of anilines is 1. The number of furan rings is 1. The second kappa shape index (κ2) is 8.51. The highest BCUT2D eigenvalue weighted by atomic mass is 16.4. The molecule has 0 aliphatic rings. The van der Waals surface area contributed by atoms with Crippen LogP contribution in [-0.2, 0) is 13.6 Å². The molecule has 5 aromatic rings. The summed E-state index contributed by atoms with van der Waals surface area (Å²) >= 11 is 0. The number of hydrogen-bond donors (Lipinski definition) is 1. The molecule has 9 heteroatoms. The summed E-state index contributed by atoms with van der Waals surface area (Å²) in [6, 6.07) is 14.9. The summed E-state index contributed by atoms with van der Waals surface area (Å²) < 4.78 is 11.2. The highest BCUT2D eigenvalue weighted by molar-refractivity contribution is 6.02. The molecule has 1 aromatic carbocycles. The molecule has 1 amide bonds. The fourth-order valence-electron chi connectivity index (χ4n) is 3.82. The van der Waals surface area contributed by atoms with Crippen molar-refractivity contribution in [1.29, 1.82) is 0 Å². The van der Waals surface area contributed by atoms with Gasteiger partial charge in [-0.05, 0) is 69.3 Å². The number of carbonyl (C=O) groups is 1. The predicted octanol–water partition coefficient (Wildman–Crippen LogP) is 4.29. The number of nitrogens with zero attached hydrogens (tertiary/aromatic N) is 6. The molecule has 0 spiro atoms. The van der Waals surface area contributed by atoms with Crippen molar-refractivity contribution < 1.29 is 9.21 Å². The predicted molar refractivity (Wildman–Crippen MR) is 128 cm³/mol. The van der Waals surface area contributed by atoms with Gasteiger partial charge in [0, 0.05) is 35.9 Å². The van der Waals surface area contributed by atoms with Crippen LogP contribution < -0.4 is 5.32 Å². The average Bonchev–Trinajstić information content (AvgIpc) is 3.59. The van der Waals surface area contributed by atoms with Crippen molar-refractivity contribution in [2.24, 2.45) is 7.05 Å². The zero-order valence-corrected chi connectivity index (χ0v) is 19.5. The molecular formula is C25H25N7O2. The van der Waals surface area contributed by atoms with Crippen molar-refractivity contribution in [2.75, 3.05) is 5.32 Å². The number of nitrogens with one attached hydrogen (secondary N) is 1. The Bertz CT molecular complexity index is 1470. The van der Waals surface area contributed by atoms with Crippen LogP contribution in [0.4, 0.5) is 5.69 Å². The van der Waals surface area contributed by atoms with E-state index in [1.54, 1.807) is 16.8 Å². The first-order valence-electron chi connectivity index (χ1n) is 10.9. The third-order valence-corrected chi connectivity index (χ3v) is 5.78. The molecule has 0 fully saturated rings. The topological polar surface area (TPSA) is 95.7 Å². The molecule has 34 heavy (non-hydrogen) atoms. The Hall–Kier alpha value is -4.40. The van der Waals surface area contributed by atoms with E-state index in [-0.39, 0.29) is 11.7 Å². The maximum Gasteiger partial charge on any atom is 0.291 e. The molecule has 0 aliphatic carbocycles. The lowest BCUT2D eigenvalue weighted by molar-refractivity contribution is 0.0994. The molecule has 1 N–H and O–H groups in total. The van der Waals surface area contributed by atoms with Crippen LogP contribution in [0.15, 0.2) is 65.3 Å². The van der Waals surface area contributed by atoms with Gasteiger partial charge in [0.1, 0.15) is 5.76 Å². The van der Waals surface area contributed by atoms with E-state index in [0.29, 0.717) is 18.0 Å². The van der Waals surface area contributed by atoms with Crippen LogP contribution in [0.2, 0.25) is 0 Å². The molecule has 5 rings (SSSR count). The number of hydrogen-bond acceptors (Lipinski definition) is 5. The lowest BCUT2D eigenvalue weighted by atomic mass is 10.2. The van der Waals surface area contributed by atoms with Gasteiger partial charge in [-0.25, -0.2) is 4.68 Å². The van der Waals surface area contributed by atoms with Crippen molar-refractivity contribution in [3.8, 4) is 16.9 Å². The Balaban J connectivity index is 1.25. The molecule has 0 aliphatic heterocycles. The van der Waals surface area contributed by atoms with Gasteiger partial charge in [0.15, 0.2) is 5.76 Å². The minimum Gasteiger partial charge on any atom is -0.454 e. The summed E-state index contributed by atoms with van der Waals surface area (Å²) in [5, 5.41) is 16.2. The molecule has 0 saturated carbocycles. The lowest BCUT2D eigenvalue weighted by Crippen LogP contribution is -2.11. The van der Waals surface area contributed by atoms with Gasteiger partial charge in [-0.1, -0.05) is 0 Å². The SMILES string of the molecule is Cc1cc(C)n(Cc2ccc(C(=O)Nc3ccc(-n4ccc(-c5cnn(C)c5C)n4)cc3)o2)n1. The van der Waals surface area contributed by atoms with Gasteiger partial charge >= 0.3 is 0 Å². The Kier molecular flexibility index (Phi) is 5.37. The van der Waals surface area contributed by atoms with Crippen molar-refractivity contribution in [3.05, 3.63) is 89.5 Å². The Morgan fingerprint density at radius 2 is 1.82 bits per heavy atom. The molecule has 0 atom stereocenters. The van der Waals surface area contributed by atoms with Crippen LogP contribution in [0.1, 0.15) is 33.4 Å². The normalized spacial score (nSPS) is 11.2. The number of rotatable bonds is 6. The summed E-state index contributed by atoms with van der Waals surface area (Å²) in [6.07, 6.45) is 3.72. The standard InChI is InChI=1S/C25H25N7O2/c1-16-13-17(2)32(28-16)15-21-9-10-24(34-21)25(33)27-19-5-7-20(8-6-19)31-12-11-23(29-31)22-14-26-30(4)18(22)3/h5-14H,15H2,1-4H3,(H,27,33). The van der Waals surface area contributed by atoms with Crippen LogP contribution in [0.3, 0.4) is 0 Å². The van der Waals surface area contributed by atoms with Gasteiger partial charge in [0.25, 0.3) is 5.91 Å². The summed E-state index contributed by atoms with van der Waals surface area (Å²) in [6.45, 7) is 6.43. The van der Waals surface area contributed by atoms with Crippen LogP contribution >= 0.6 is 0 Å². The summed E-state index contributed by atoms with van der Waals surface area (Å²) in [4.78, 5) is 12.6. The van der Waals surface area contributed by atoms with E-state index in [9.17, 15) is 4.79 Å². The third kappa shape index (κ3) is 4.15. The molecule has 4 aromatic heterocycles. The number of aryl methyl sites for hydroxylation is 3. The second-order valence-electron chi connectivity index (χ2n) is 8.26. The van der Waals surface area contributed by atoms with Crippen molar-refractivity contribution in [1.82, 2.24) is 29.3 Å². The minimum absolute atomic E-state index is 0.254. The van der Waals surface area contributed by atoms with E-state index in [0.717, 1.165) is 34.0 Å². The van der Waals surface area contributed by atoms with Crippen LogP contribution in [0.25, 0.3) is 16.9 Å². The molecule has 0 bridgehead atoms. The smallest absolute Gasteiger partial charge is 0.291 e. The first-order chi connectivity index (χ1) is 16.4. The van der Waals surface area contributed by atoms with E-state index in [2.05, 4.69) is 20.6 Å². The summed E-state index contributed by atoms with van der Waals surface area (Å²) in [5.41, 5.74) is 6.46. The van der Waals surface area contributed by atoms with Crippen molar-refractivity contribution >= 4 is 11.6 Å². The van der Waals surface area contributed by atoms with Gasteiger partial charge in [-0.15, -0.1) is 0 Å².